The zero-order valence-electron chi connectivity index (χ0n) is 15.0. The first-order valence-electron chi connectivity index (χ1n) is 8.40. The van der Waals surface area contributed by atoms with E-state index in [1.165, 1.54) is 12.1 Å². The fourth-order valence-electron chi connectivity index (χ4n) is 2.31. The van der Waals surface area contributed by atoms with E-state index >= 15 is 0 Å². The number of benzene rings is 2. The maximum absolute atomic E-state index is 13.0. The summed E-state index contributed by atoms with van der Waals surface area (Å²) >= 11 is 0. The van der Waals surface area contributed by atoms with E-state index in [0.29, 0.717) is 17.9 Å². The first kappa shape index (κ1) is 19.4. The van der Waals surface area contributed by atoms with Crippen molar-refractivity contribution in [2.24, 2.45) is 0 Å². The van der Waals surface area contributed by atoms with Gasteiger partial charge < -0.3 is 14.8 Å². The fourth-order valence-corrected chi connectivity index (χ4v) is 2.31. The van der Waals surface area contributed by atoms with Gasteiger partial charge in [-0.15, -0.1) is 0 Å². The molecule has 138 valence electrons. The van der Waals surface area contributed by atoms with Gasteiger partial charge in [-0.05, 0) is 62.7 Å². The zero-order chi connectivity index (χ0) is 19.1. The van der Waals surface area contributed by atoms with Crippen LogP contribution in [-0.4, -0.2) is 24.6 Å². The minimum absolute atomic E-state index is 0.277. The highest BCUT2D eigenvalue weighted by Crippen LogP contribution is 2.16. The molecule has 5 nitrogen and oxygen atoms in total. The van der Waals surface area contributed by atoms with E-state index in [1.807, 2.05) is 6.92 Å². The quantitative estimate of drug-likeness (QED) is 0.767. The SMILES string of the molecule is CCOC(=O)c1ccc(O[C@@H](C)C(=O)N[C@@H](C)c2ccc(F)cc2)cc1. The van der Waals surface area contributed by atoms with E-state index in [0.717, 1.165) is 5.56 Å². The van der Waals surface area contributed by atoms with Crippen molar-refractivity contribution in [3.05, 3.63) is 65.5 Å². The molecule has 1 amide bonds. The molecule has 2 atom stereocenters. The van der Waals surface area contributed by atoms with Crippen LogP contribution in [0, 0.1) is 5.82 Å². The van der Waals surface area contributed by atoms with E-state index < -0.39 is 12.1 Å². The summed E-state index contributed by atoms with van der Waals surface area (Å²) in [4.78, 5) is 23.9. The topological polar surface area (TPSA) is 64.6 Å². The third kappa shape index (κ3) is 5.31. The number of esters is 1. The largest absolute Gasteiger partial charge is 0.481 e. The molecular weight excluding hydrogens is 337 g/mol. The zero-order valence-corrected chi connectivity index (χ0v) is 15.0. The van der Waals surface area contributed by atoms with Crippen LogP contribution < -0.4 is 10.1 Å². The summed E-state index contributed by atoms with van der Waals surface area (Å²) in [5, 5.41) is 2.82. The van der Waals surface area contributed by atoms with Gasteiger partial charge in [0.05, 0.1) is 18.2 Å². The van der Waals surface area contributed by atoms with Crippen LogP contribution in [0.2, 0.25) is 0 Å². The minimum Gasteiger partial charge on any atom is -0.481 e. The molecular formula is C20H22FNO4. The number of hydrogen-bond donors (Lipinski definition) is 1. The standard InChI is InChI=1S/C20H22FNO4/c1-4-25-20(24)16-7-11-18(12-8-16)26-14(3)19(23)22-13(2)15-5-9-17(21)10-6-15/h5-14H,4H2,1-3H3,(H,22,23)/t13-,14-/m0/s1. The van der Waals surface area contributed by atoms with Crippen molar-refractivity contribution in [3.63, 3.8) is 0 Å². The number of nitrogens with one attached hydrogen (secondary N) is 1. The van der Waals surface area contributed by atoms with Gasteiger partial charge in [0.25, 0.3) is 5.91 Å². The van der Waals surface area contributed by atoms with E-state index in [2.05, 4.69) is 5.32 Å². The lowest BCUT2D eigenvalue weighted by atomic mass is 10.1. The Balaban J connectivity index is 1.92. The van der Waals surface area contributed by atoms with Gasteiger partial charge in [-0.1, -0.05) is 12.1 Å². The Morgan fingerprint density at radius 1 is 1.04 bits per heavy atom. The van der Waals surface area contributed by atoms with Crippen molar-refractivity contribution < 1.29 is 23.5 Å². The van der Waals surface area contributed by atoms with Gasteiger partial charge in [0, 0.05) is 0 Å². The van der Waals surface area contributed by atoms with Crippen LogP contribution in [0.4, 0.5) is 4.39 Å². The minimum atomic E-state index is -0.730. The molecule has 0 radical (unpaired) electrons. The highest BCUT2D eigenvalue weighted by Gasteiger charge is 2.18. The van der Waals surface area contributed by atoms with Crippen molar-refractivity contribution in [3.8, 4) is 5.75 Å². The van der Waals surface area contributed by atoms with E-state index in [1.54, 1.807) is 50.2 Å². The summed E-state index contributed by atoms with van der Waals surface area (Å²) in [6.45, 7) is 5.49. The molecule has 0 bridgehead atoms. The number of halogens is 1. The Kier molecular flexibility index (Phi) is 6.72. The molecule has 0 aliphatic carbocycles. The van der Waals surface area contributed by atoms with Crippen LogP contribution in [-0.2, 0) is 9.53 Å². The summed E-state index contributed by atoms with van der Waals surface area (Å²) < 4.78 is 23.5. The van der Waals surface area contributed by atoms with Crippen molar-refractivity contribution in [1.29, 1.82) is 0 Å². The molecule has 1 N–H and O–H groups in total. The van der Waals surface area contributed by atoms with Gasteiger partial charge in [0.1, 0.15) is 11.6 Å². The Morgan fingerprint density at radius 3 is 2.23 bits per heavy atom. The number of rotatable bonds is 7. The molecule has 0 saturated heterocycles. The molecule has 0 aliphatic heterocycles. The number of hydrogen-bond acceptors (Lipinski definition) is 4. The average Bonchev–Trinajstić information content (AvgIpc) is 2.63. The molecule has 0 spiro atoms. The smallest absolute Gasteiger partial charge is 0.338 e. The Labute approximate surface area is 152 Å². The Morgan fingerprint density at radius 2 is 1.65 bits per heavy atom. The molecule has 2 rings (SSSR count). The molecule has 6 heteroatoms. The second kappa shape index (κ2) is 8.99. The van der Waals surface area contributed by atoms with Crippen LogP contribution in [0.3, 0.4) is 0 Å². The molecule has 0 heterocycles. The van der Waals surface area contributed by atoms with E-state index in [-0.39, 0.29) is 17.8 Å². The van der Waals surface area contributed by atoms with Crippen molar-refractivity contribution in [2.75, 3.05) is 6.61 Å². The molecule has 2 aromatic rings. The lowest BCUT2D eigenvalue weighted by Crippen LogP contribution is -2.37. The molecule has 2 aromatic carbocycles. The molecule has 0 aliphatic rings. The Bertz CT molecular complexity index is 743. The summed E-state index contributed by atoms with van der Waals surface area (Å²) in [5.74, 6) is -0.556. The second-order valence-electron chi connectivity index (χ2n) is 5.79. The van der Waals surface area contributed by atoms with Gasteiger partial charge in [-0.25, -0.2) is 9.18 Å². The summed E-state index contributed by atoms with van der Waals surface area (Å²) in [5.41, 5.74) is 1.21. The molecule has 26 heavy (non-hydrogen) atoms. The van der Waals surface area contributed by atoms with E-state index in [4.69, 9.17) is 9.47 Å². The third-order valence-corrected chi connectivity index (χ3v) is 3.78. The maximum Gasteiger partial charge on any atom is 0.338 e. The lowest BCUT2D eigenvalue weighted by Gasteiger charge is -2.19. The summed E-state index contributed by atoms with van der Waals surface area (Å²) in [6.07, 6.45) is -0.730. The molecule has 0 fully saturated rings. The number of carbonyl (C=O) groups excluding carboxylic acids is 2. The average molecular weight is 359 g/mol. The normalized spacial score (nSPS) is 12.8. The summed E-state index contributed by atoms with van der Waals surface area (Å²) in [7, 11) is 0. The van der Waals surface area contributed by atoms with Gasteiger partial charge in [0.15, 0.2) is 6.10 Å². The van der Waals surface area contributed by atoms with Crippen molar-refractivity contribution in [1.82, 2.24) is 5.32 Å². The van der Waals surface area contributed by atoms with Crippen molar-refractivity contribution >= 4 is 11.9 Å². The van der Waals surface area contributed by atoms with Crippen molar-refractivity contribution in [2.45, 2.75) is 32.9 Å². The molecule has 0 saturated carbocycles. The van der Waals surface area contributed by atoms with Gasteiger partial charge >= 0.3 is 5.97 Å². The fraction of sp³-hybridized carbons (Fsp3) is 0.300. The van der Waals surface area contributed by atoms with Gasteiger partial charge in [-0.2, -0.15) is 0 Å². The van der Waals surface area contributed by atoms with E-state index in [9.17, 15) is 14.0 Å². The lowest BCUT2D eigenvalue weighted by molar-refractivity contribution is -0.127. The van der Waals surface area contributed by atoms with Gasteiger partial charge in [-0.3, -0.25) is 4.79 Å². The number of amides is 1. The monoisotopic (exact) mass is 359 g/mol. The highest BCUT2D eigenvalue weighted by molar-refractivity contribution is 5.89. The Hall–Kier alpha value is -2.89. The third-order valence-electron chi connectivity index (χ3n) is 3.78. The van der Waals surface area contributed by atoms with Gasteiger partial charge in [0.2, 0.25) is 0 Å². The predicted molar refractivity (Wildman–Crippen MR) is 95.4 cm³/mol. The highest BCUT2D eigenvalue weighted by atomic mass is 19.1. The summed E-state index contributed by atoms with van der Waals surface area (Å²) in [6, 6.07) is 12.1. The van der Waals surface area contributed by atoms with Crippen LogP contribution >= 0.6 is 0 Å². The number of carbonyl (C=O) groups is 2. The van der Waals surface area contributed by atoms with Crippen LogP contribution in [0.15, 0.2) is 48.5 Å². The molecule has 0 aromatic heterocycles. The number of ether oxygens (including phenoxy) is 2. The van der Waals surface area contributed by atoms with Crippen LogP contribution in [0.25, 0.3) is 0 Å². The van der Waals surface area contributed by atoms with Crippen LogP contribution in [0.5, 0.6) is 5.75 Å². The first-order chi connectivity index (χ1) is 12.4. The first-order valence-corrected chi connectivity index (χ1v) is 8.40. The second-order valence-corrected chi connectivity index (χ2v) is 5.79. The predicted octanol–water partition coefficient (Wildman–Crippen LogP) is 3.65. The molecule has 0 unspecified atom stereocenters. The maximum atomic E-state index is 13.0. The van der Waals surface area contributed by atoms with Crippen LogP contribution in [0.1, 0.15) is 42.7 Å².